The normalized spacial score (nSPS) is 19.1. The first-order valence-electron chi connectivity index (χ1n) is 10.2. The molecule has 2 aromatic carbocycles. The van der Waals surface area contributed by atoms with Crippen molar-refractivity contribution in [2.24, 2.45) is 0 Å². The Hall–Kier alpha value is -1.90. The third-order valence-electron chi connectivity index (χ3n) is 5.70. The zero-order valence-electron chi connectivity index (χ0n) is 16.8. The molecule has 0 saturated heterocycles. The molecule has 1 heterocycles. The van der Waals surface area contributed by atoms with Crippen molar-refractivity contribution in [3.05, 3.63) is 52.5 Å². The van der Waals surface area contributed by atoms with Gasteiger partial charge in [-0.25, -0.2) is 13.1 Å². The topological polar surface area (TPSA) is 75.7 Å². The number of fused-ring (bicyclic) bond motifs is 1. The maximum absolute atomic E-state index is 12.8. The Bertz CT molecular complexity index is 1030. The predicted molar refractivity (Wildman–Crippen MR) is 119 cm³/mol. The Labute approximate surface area is 185 Å². The fourth-order valence-corrected chi connectivity index (χ4v) is 5.95. The Morgan fingerprint density at radius 2 is 1.87 bits per heavy atom. The van der Waals surface area contributed by atoms with E-state index < -0.39 is 10.0 Å². The Kier molecular flexibility index (Phi) is 6.18. The first-order chi connectivity index (χ1) is 14.3. The smallest absolute Gasteiger partial charge is 0.265 e. The van der Waals surface area contributed by atoms with Crippen LogP contribution in [-0.4, -0.2) is 33.0 Å². The molecule has 160 valence electrons. The molecule has 0 aromatic heterocycles. The molecule has 6 nitrogen and oxygen atoms in total. The van der Waals surface area contributed by atoms with Crippen LogP contribution >= 0.6 is 15.9 Å². The molecule has 0 radical (unpaired) electrons. The molecule has 1 aliphatic heterocycles. The van der Waals surface area contributed by atoms with Crippen LogP contribution in [0.2, 0.25) is 0 Å². The fourth-order valence-electron chi connectivity index (χ4n) is 4.24. The number of sulfonamides is 1. The van der Waals surface area contributed by atoms with Crippen molar-refractivity contribution in [1.29, 1.82) is 0 Å². The minimum atomic E-state index is -3.53. The van der Waals surface area contributed by atoms with E-state index in [9.17, 15) is 13.2 Å². The lowest BCUT2D eigenvalue weighted by Crippen LogP contribution is -2.39. The third-order valence-corrected chi connectivity index (χ3v) is 7.73. The minimum Gasteiger partial charge on any atom is -0.484 e. The van der Waals surface area contributed by atoms with Crippen LogP contribution in [0.5, 0.6) is 5.75 Å². The molecule has 1 atom stereocenters. The van der Waals surface area contributed by atoms with Crippen molar-refractivity contribution in [2.75, 3.05) is 11.5 Å². The highest BCUT2D eigenvalue weighted by atomic mass is 79.9. The lowest BCUT2D eigenvalue weighted by Gasteiger charge is -2.22. The molecule has 2 aliphatic rings. The number of anilines is 1. The quantitative estimate of drug-likeness (QED) is 0.660. The van der Waals surface area contributed by atoms with Gasteiger partial charge in [0, 0.05) is 22.2 Å². The van der Waals surface area contributed by atoms with Crippen molar-refractivity contribution in [3.8, 4) is 5.75 Å². The SMILES string of the molecule is C[C@H]1Cc2cc(Br)ccc2N1C(=O)COc1ccc(S(=O)(=O)NC2CCCC2)cc1. The molecule has 1 N–H and O–H groups in total. The van der Waals surface area contributed by atoms with Crippen molar-refractivity contribution in [1.82, 2.24) is 4.72 Å². The van der Waals surface area contributed by atoms with Crippen molar-refractivity contribution in [2.45, 2.75) is 56.0 Å². The number of benzene rings is 2. The van der Waals surface area contributed by atoms with Gasteiger partial charge in [0.15, 0.2) is 6.61 Å². The summed E-state index contributed by atoms with van der Waals surface area (Å²) in [6, 6.07) is 12.2. The van der Waals surface area contributed by atoms with Crippen molar-refractivity contribution in [3.63, 3.8) is 0 Å². The number of hydrogen-bond acceptors (Lipinski definition) is 4. The van der Waals surface area contributed by atoms with Crippen LogP contribution in [0.25, 0.3) is 0 Å². The first kappa shape index (κ1) is 21.3. The van der Waals surface area contributed by atoms with Crippen LogP contribution in [0.3, 0.4) is 0 Å². The fraction of sp³-hybridized carbons (Fsp3) is 0.409. The van der Waals surface area contributed by atoms with Gasteiger partial charge in [0.25, 0.3) is 5.91 Å². The van der Waals surface area contributed by atoms with E-state index in [-0.39, 0.29) is 29.5 Å². The number of nitrogens with zero attached hydrogens (tertiary/aromatic N) is 1. The molecule has 8 heteroatoms. The monoisotopic (exact) mass is 492 g/mol. The van der Waals surface area contributed by atoms with E-state index in [1.807, 2.05) is 25.1 Å². The van der Waals surface area contributed by atoms with Crippen LogP contribution in [0, 0.1) is 0 Å². The summed E-state index contributed by atoms with van der Waals surface area (Å²) in [4.78, 5) is 14.8. The average Bonchev–Trinajstić information content (AvgIpc) is 3.32. The molecular formula is C22H25BrN2O4S. The van der Waals surface area contributed by atoms with Gasteiger partial charge in [-0.05, 0) is 74.2 Å². The molecule has 1 saturated carbocycles. The molecule has 0 unspecified atom stereocenters. The van der Waals surface area contributed by atoms with E-state index in [1.54, 1.807) is 17.0 Å². The van der Waals surface area contributed by atoms with Crippen molar-refractivity contribution >= 4 is 37.5 Å². The summed E-state index contributed by atoms with van der Waals surface area (Å²) in [5.41, 5.74) is 2.05. The largest absolute Gasteiger partial charge is 0.484 e. The van der Waals surface area contributed by atoms with Gasteiger partial charge in [0.2, 0.25) is 10.0 Å². The molecule has 0 spiro atoms. The second kappa shape index (κ2) is 8.69. The summed E-state index contributed by atoms with van der Waals surface area (Å²) < 4.78 is 34.4. The molecule has 30 heavy (non-hydrogen) atoms. The third kappa shape index (κ3) is 4.55. The van der Waals surface area contributed by atoms with Crippen LogP contribution in [-0.2, 0) is 21.2 Å². The summed E-state index contributed by atoms with van der Waals surface area (Å²) >= 11 is 3.47. The summed E-state index contributed by atoms with van der Waals surface area (Å²) in [6.45, 7) is 1.91. The van der Waals surface area contributed by atoms with E-state index in [0.717, 1.165) is 47.8 Å². The van der Waals surface area contributed by atoms with E-state index in [1.165, 1.54) is 12.1 Å². The van der Waals surface area contributed by atoms with Crippen LogP contribution in [0.4, 0.5) is 5.69 Å². The van der Waals surface area contributed by atoms with Gasteiger partial charge in [-0.2, -0.15) is 0 Å². The second-order valence-electron chi connectivity index (χ2n) is 7.95. The van der Waals surface area contributed by atoms with Gasteiger partial charge >= 0.3 is 0 Å². The van der Waals surface area contributed by atoms with Gasteiger partial charge in [-0.3, -0.25) is 4.79 Å². The highest BCUT2D eigenvalue weighted by Gasteiger charge is 2.31. The Morgan fingerprint density at radius 1 is 1.17 bits per heavy atom. The number of halogens is 1. The lowest BCUT2D eigenvalue weighted by molar-refractivity contribution is -0.120. The number of amides is 1. The molecule has 2 aromatic rings. The lowest BCUT2D eigenvalue weighted by atomic mass is 10.1. The molecule has 4 rings (SSSR count). The molecule has 0 bridgehead atoms. The number of rotatable bonds is 6. The van der Waals surface area contributed by atoms with Crippen LogP contribution in [0.15, 0.2) is 51.8 Å². The maximum Gasteiger partial charge on any atom is 0.265 e. The highest BCUT2D eigenvalue weighted by molar-refractivity contribution is 9.10. The predicted octanol–water partition coefficient (Wildman–Crippen LogP) is 4.03. The standard InChI is InChI=1S/C22H25BrN2O4S/c1-15-12-16-13-17(23)6-11-21(16)25(15)22(26)14-29-19-7-9-20(10-8-19)30(27,28)24-18-4-2-3-5-18/h6-11,13,15,18,24H,2-5,12,14H2,1H3/t15-/m0/s1. The molecule has 1 amide bonds. The second-order valence-corrected chi connectivity index (χ2v) is 10.6. The molecular weight excluding hydrogens is 468 g/mol. The molecule has 1 aliphatic carbocycles. The summed E-state index contributed by atoms with van der Waals surface area (Å²) in [5.74, 6) is 0.342. The summed E-state index contributed by atoms with van der Waals surface area (Å²) in [5, 5.41) is 0. The van der Waals surface area contributed by atoms with Crippen molar-refractivity contribution < 1.29 is 17.9 Å². The zero-order chi connectivity index (χ0) is 21.3. The highest BCUT2D eigenvalue weighted by Crippen LogP contribution is 2.34. The number of hydrogen-bond donors (Lipinski definition) is 1. The van der Waals surface area contributed by atoms with E-state index in [4.69, 9.17) is 4.74 Å². The van der Waals surface area contributed by atoms with E-state index >= 15 is 0 Å². The average molecular weight is 493 g/mol. The van der Waals surface area contributed by atoms with Gasteiger partial charge < -0.3 is 9.64 Å². The maximum atomic E-state index is 12.8. The Balaban J connectivity index is 1.38. The first-order valence-corrected chi connectivity index (χ1v) is 12.5. The van der Waals surface area contributed by atoms with E-state index in [0.29, 0.717) is 5.75 Å². The van der Waals surface area contributed by atoms with Gasteiger partial charge in [0.1, 0.15) is 5.75 Å². The summed E-state index contributed by atoms with van der Waals surface area (Å²) in [7, 11) is -3.53. The van der Waals surface area contributed by atoms with Crippen LogP contribution in [0.1, 0.15) is 38.2 Å². The van der Waals surface area contributed by atoms with E-state index in [2.05, 4.69) is 20.7 Å². The number of nitrogens with one attached hydrogen (secondary N) is 1. The number of carbonyl (C=O) groups excluding carboxylic acids is 1. The summed E-state index contributed by atoms with van der Waals surface area (Å²) in [6.07, 6.45) is 4.70. The number of ether oxygens (including phenoxy) is 1. The van der Waals surface area contributed by atoms with Gasteiger partial charge in [-0.15, -0.1) is 0 Å². The molecule has 1 fully saturated rings. The zero-order valence-corrected chi connectivity index (χ0v) is 19.2. The van der Waals surface area contributed by atoms with Crippen LogP contribution < -0.4 is 14.4 Å². The van der Waals surface area contributed by atoms with Gasteiger partial charge in [0.05, 0.1) is 4.90 Å². The Morgan fingerprint density at radius 3 is 2.57 bits per heavy atom. The number of carbonyl (C=O) groups is 1. The minimum absolute atomic E-state index is 0.0227. The van der Waals surface area contributed by atoms with Gasteiger partial charge in [-0.1, -0.05) is 28.8 Å².